The van der Waals surface area contributed by atoms with E-state index in [0.717, 1.165) is 0 Å². The molecule has 0 aliphatic rings. The van der Waals surface area contributed by atoms with E-state index in [9.17, 15) is 0 Å². The Hall–Kier alpha value is -1.53. The van der Waals surface area contributed by atoms with Crippen molar-refractivity contribution in [1.82, 2.24) is 9.97 Å². The lowest BCUT2D eigenvalue weighted by Gasteiger charge is -2.12. The van der Waals surface area contributed by atoms with Crippen molar-refractivity contribution in [2.24, 2.45) is 0 Å². The predicted octanol–water partition coefficient (Wildman–Crippen LogP) is 3.16. The highest BCUT2D eigenvalue weighted by Gasteiger charge is 2.16. The number of hydrogen-bond acceptors (Lipinski definition) is 5. The molecular weight excluding hydrogens is 334 g/mol. The molecule has 100 valence electrons. The van der Waals surface area contributed by atoms with Crippen LogP contribution in [0.2, 0.25) is 5.02 Å². The molecule has 7 heteroatoms. The molecule has 0 aliphatic heterocycles. The van der Waals surface area contributed by atoms with E-state index in [1.54, 1.807) is 25.4 Å². The topological polar surface area (TPSA) is 70.3 Å². The maximum Gasteiger partial charge on any atom is 0.180 e. The number of benzene rings is 1. The van der Waals surface area contributed by atoms with E-state index < -0.39 is 0 Å². The number of ether oxygens (including phenoxy) is 2. The molecule has 0 fully saturated rings. The summed E-state index contributed by atoms with van der Waals surface area (Å²) in [6.45, 7) is 0. The van der Waals surface area contributed by atoms with Crippen LogP contribution in [0.25, 0.3) is 11.4 Å². The quantitative estimate of drug-likeness (QED) is 0.926. The van der Waals surface area contributed by atoms with Gasteiger partial charge >= 0.3 is 0 Å². The summed E-state index contributed by atoms with van der Waals surface area (Å²) in [5.41, 5.74) is 6.36. The van der Waals surface area contributed by atoms with E-state index in [2.05, 4.69) is 25.9 Å². The average Bonchev–Trinajstić information content (AvgIpc) is 2.41. The standard InChI is InChI=1S/C12H11BrClN3O2/c1-18-8-4-3-6(9(14)10(8)19-2)12-16-5-7(13)11(15)17-12/h3-5H,1-2H3,(H2,15,16,17). The lowest BCUT2D eigenvalue weighted by atomic mass is 10.2. The van der Waals surface area contributed by atoms with Crippen LogP contribution in [0.4, 0.5) is 5.82 Å². The van der Waals surface area contributed by atoms with Crippen molar-refractivity contribution in [3.8, 4) is 22.9 Å². The second-order valence-corrected chi connectivity index (χ2v) is 4.82. The summed E-state index contributed by atoms with van der Waals surface area (Å²) in [5, 5.41) is 0.378. The lowest BCUT2D eigenvalue weighted by Crippen LogP contribution is -1.98. The molecule has 0 saturated heterocycles. The maximum atomic E-state index is 6.28. The summed E-state index contributed by atoms with van der Waals surface area (Å²) in [6, 6.07) is 3.49. The van der Waals surface area contributed by atoms with E-state index >= 15 is 0 Å². The molecule has 1 heterocycles. The summed E-state index contributed by atoms with van der Waals surface area (Å²) < 4.78 is 11.0. The fraction of sp³-hybridized carbons (Fsp3) is 0.167. The van der Waals surface area contributed by atoms with Gasteiger partial charge in [0.15, 0.2) is 17.3 Å². The Morgan fingerprint density at radius 1 is 1.26 bits per heavy atom. The van der Waals surface area contributed by atoms with Crippen LogP contribution in [0.1, 0.15) is 0 Å². The third kappa shape index (κ3) is 2.59. The SMILES string of the molecule is COc1ccc(-c2ncc(Br)c(N)n2)c(Cl)c1OC. The Morgan fingerprint density at radius 3 is 2.58 bits per heavy atom. The molecule has 0 spiro atoms. The summed E-state index contributed by atoms with van der Waals surface area (Å²) in [4.78, 5) is 8.36. The summed E-state index contributed by atoms with van der Waals surface area (Å²) in [7, 11) is 3.06. The fourth-order valence-corrected chi connectivity index (χ4v) is 2.08. The molecule has 0 saturated carbocycles. The zero-order chi connectivity index (χ0) is 14.0. The number of nitrogens with zero attached hydrogens (tertiary/aromatic N) is 2. The lowest BCUT2D eigenvalue weighted by molar-refractivity contribution is 0.355. The number of halogens is 2. The van der Waals surface area contributed by atoms with Gasteiger partial charge < -0.3 is 15.2 Å². The van der Waals surface area contributed by atoms with Gasteiger partial charge in [0, 0.05) is 11.8 Å². The van der Waals surface area contributed by atoms with E-state index in [1.807, 2.05) is 0 Å². The van der Waals surface area contributed by atoms with E-state index in [4.69, 9.17) is 26.8 Å². The number of anilines is 1. The Balaban J connectivity index is 2.59. The highest BCUT2D eigenvalue weighted by molar-refractivity contribution is 9.10. The van der Waals surface area contributed by atoms with Crippen LogP contribution < -0.4 is 15.2 Å². The Morgan fingerprint density at radius 2 is 2.00 bits per heavy atom. The van der Waals surface area contributed by atoms with Crippen molar-refractivity contribution in [3.05, 3.63) is 27.8 Å². The minimum Gasteiger partial charge on any atom is -0.493 e. The highest BCUT2D eigenvalue weighted by Crippen LogP contribution is 2.40. The first kappa shape index (κ1) is 13.9. The zero-order valence-electron chi connectivity index (χ0n) is 10.3. The second kappa shape index (κ2) is 5.63. The molecule has 0 aliphatic carbocycles. The zero-order valence-corrected chi connectivity index (χ0v) is 12.6. The van der Waals surface area contributed by atoms with Crippen LogP contribution in [-0.4, -0.2) is 24.2 Å². The molecule has 5 nitrogen and oxygen atoms in total. The third-order valence-corrected chi connectivity index (χ3v) is 3.48. The third-order valence-electron chi connectivity index (χ3n) is 2.50. The number of nitrogens with two attached hydrogens (primary N) is 1. The van der Waals surface area contributed by atoms with Crippen molar-refractivity contribution in [3.63, 3.8) is 0 Å². The summed E-state index contributed by atoms with van der Waals surface area (Å²) in [6.07, 6.45) is 1.57. The van der Waals surface area contributed by atoms with E-state index in [-0.39, 0.29) is 0 Å². The highest BCUT2D eigenvalue weighted by atomic mass is 79.9. The first-order valence-electron chi connectivity index (χ1n) is 5.27. The smallest absolute Gasteiger partial charge is 0.180 e. The van der Waals surface area contributed by atoms with Gasteiger partial charge in [-0.2, -0.15) is 0 Å². The molecule has 0 radical (unpaired) electrons. The number of nitrogen functional groups attached to an aromatic ring is 1. The fourth-order valence-electron chi connectivity index (χ4n) is 1.57. The molecule has 0 bridgehead atoms. The van der Waals surface area contributed by atoms with Crippen molar-refractivity contribution < 1.29 is 9.47 Å². The van der Waals surface area contributed by atoms with Gasteiger partial charge in [0.2, 0.25) is 0 Å². The molecule has 2 rings (SSSR count). The van der Waals surface area contributed by atoms with Crippen LogP contribution in [0.5, 0.6) is 11.5 Å². The second-order valence-electron chi connectivity index (χ2n) is 3.59. The van der Waals surface area contributed by atoms with Crippen molar-refractivity contribution >= 4 is 33.3 Å². The van der Waals surface area contributed by atoms with Gasteiger partial charge in [-0.05, 0) is 28.1 Å². The van der Waals surface area contributed by atoms with Gasteiger partial charge in [0.25, 0.3) is 0 Å². The van der Waals surface area contributed by atoms with Crippen molar-refractivity contribution in [2.75, 3.05) is 20.0 Å². The van der Waals surface area contributed by atoms with E-state index in [0.29, 0.717) is 38.2 Å². The summed E-state index contributed by atoms with van der Waals surface area (Å²) >= 11 is 9.53. The van der Waals surface area contributed by atoms with Crippen LogP contribution in [0.3, 0.4) is 0 Å². The minimum atomic E-state index is 0.343. The van der Waals surface area contributed by atoms with Gasteiger partial charge in [-0.25, -0.2) is 9.97 Å². The summed E-state index contributed by atoms with van der Waals surface area (Å²) in [5.74, 6) is 1.75. The van der Waals surface area contributed by atoms with Crippen LogP contribution in [-0.2, 0) is 0 Å². The number of hydrogen-bond donors (Lipinski definition) is 1. The largest absolute Gasteiger partial charge is 0.493 e. The monoisotopic (exact) mass is 343 g/mol. The molecule has 0 amide bonds. The van der Waals surface area contributed by atoms with Gasteiger partial charge in [0.1, 0.15) is 5.82 Å². The van der Waals surface area contributed by atoms with Gasteiger partial charge in [-0.3, -0.25) is 0 Å². The molecule has 0 atom stereocenters. The normalized spacial score (nSPS) is 10.3. The first-order chi connectivity index (χ1) is 9.08. The Labute approximate surface area is 123 Å². The Kier molecular flexibility index (Phi) is 4.11. The molecule has 2 N–H and O–H groups in total. The number of rotatable bonds is 3. The van der Waals surface area contributed by atoms with Crippen molar-refractivity contribution in [1.29, 1.82) is 0 Å². The predicted molar refractivity (Wildman–Crippen MR) is 77.7 cm³/mol. The van der Waals surface area contributed by atoms with Gasteiger partial charge in [-0.1, -0.05) is 11.6 Å². The Bertz CT molecular complexity index is 622. The maximum absolute atomic E-state index is 6.28. The van der Waals surface area contributed by atoms with Gasteiger partial charge in [0.05, 0.1) is 23.7 Å². The number of methoxy groups -OCH3 is 2. The molecule has 1 aromatic carbocycles. The van der Waals surface area contributed by atoms with E-state index in [1.165, 1.54) is 7.11 Å². The molecule has 0 unspecified atom stereocenters. The number of aromatic nitrogens is 2. The van der Waals surface area contributed by atoms with Gasteiger partial charge in [-0.15, -0.1) is 0 Å². The van der Waals surface area contributed by atoms with Crippen molar-refractivity contribution in [2.45, 2.75) is 0 Å². The first-order valence-corrected chi connectivity index (χ1v) is 6.44. The molecule has 1 aromatic heterocycles. The van der Waals surface area contributed by atoms with Crippen LogP contribution in [0, 0.1) is 0 Å². The molecule has 2 aromatic rings. The van der Waals surface area contributed by atoms with Crippen LogP contribution in [0.15, 0.2) is 22.8 Å². The molecular formula is C12H11BrClN3O2. The minimum absolute atomic E-state index is 0.343. The molecule has 19 heavy (non-hydrogen) atoms. The van der Waals surface area contributed by atoms with Crippen LogP contribution >= 0.6 is 27.5 Å². The average molecular weight is 345 g/mol.